The van der Waals surface area contributed by atoms with Crippen LogP contribution in [0.1, 0.15) is 6.92 Å². The van der Waals surface area contributed by atoms with Crippen molar-refractivity contribution < 1.29 is 9.53 Å². The third kappa shape index (κ3) is 2.37. The van der Waals surface area contributed by atoms with Crippen molar-refractivity contribution in [3.8, 4) is 0 Å². The SMILES string of the molecule is C/N=C(C(=O)OC)\C(C)=N/N. The fraction of sp³-hybridized carbons (Fsp3) is 0.500. The van der Waals surface area contributed by atoms with Crippen LogP contribution in [-0.4, -0.2) is 31.6 Å². The van der Waals surface area contributed by atoms with Crippen molar-refractivity contribution in [1.29, 1.82) is 0 Å². The molecule has 0 rings (SSSR count). The molecule has 2 N–H and O–H groups in total. The fourth-order valence-electron chi connectivity index (χ4n) is 0.559. The Kier molecular flexibility index (Phi) is 3.87. The molecule has 0 aliphatic rings. The van der Waals surface area contributed by atoms with Gasteiger partial charge in [-0.2, -0.15) is 5.10 Å². The van der Waals surface area contributed by atoms with E-state index < -0.39 is 5.97 Å². The lowest BCUT2D eigenvalue weighted by atomic mass is 10.2. The van der Waals surface area contributed by atoms with Gasteiger partial charge in [-0.15, -0.1) is 0 Å². The van der Waals surface area contributed by atoms with Crippen LogP contribution in [0.4, 0.5) is 0 Å². The van der Waals surface area contributed by atoms with Crippen molar-refractivity contribution in [1.82, 2.24) is 0 Å². The Morgan fingerprint density at radius 1 is 1.55 bits per heavy atom. The van der Waals surface area contributed by atoms with Crippen LogP contribution in [0.2, 0.25) is 0 Å². The molecule has 0 heterocycles. The number of aliphatic imine (C=N–C) groups is 1. The van der Waals surface area contributed by atoms with Gasteiger partial charge in [-0.25, -0.2) is 4.79 Å². The van der Waals surface area contributed by atoms with Gasteiger partial charge in [-0.05, 0) is 6.92 Å². The van der Waals surface area contributed by atoms with E-state index in [1.807, 2.05) is 0 Å². The van der Waals surface area contributed by atoms with E-state index in [2.05, 4.69) is 14.8 Å². The zero-order valence-electron chi connectivity index (χ0n) is 6.79. The molecule has 0 radical (unpaired) electrons. The highest BCUT2D eigenvalue weighted by Crippen LogP contribution is 1.86. The summed E-state index contributed by atoms with van der Waals surface area (Å²) in [4.78, 5) is 14.5. The summed E-state index contributed by atoms with van der Waals surface area (Å²) >= 11 is 0. The first-order valence-corrected chi connectivity index (χ1v) is 2.97. The minimum Gasteiger partial charge on any atom is -0.464 e. The van der Waals surface area contributed by atoms with Crippen molar-refractivity contribution in [2.24, 2.45) is 15.9 Å². The largest absolute Gasteiger partial charge is 0.464 e. The van der Waals surface area contributed by atoms with E-state index in [1.54, 1.807) is 6.92 Å². The number of hydrazone groups is 1. The van der Waals surface area contributed by atoms with Crippen molar-refractivity contribution in [2.45, 2.75) is 6.92 Å². The number of carbonyl (C=O) groups is 1. The maximum Gasteiger partial charge on any atom is 0.358 e. The Hall–Kier alpha value is -1.39. The quantitative estimate of drug-likeness (QED) is 0.255. The minimum atomic E-state index is -0.529. The topological polar surface area (TPSA) is 77.0 Å². The molecular formula is C6H11N3O2. The van der Waals surface area contributed by atoms with Crippen LogP contribution >= 0.6 is 0 Å². The Morgan fingerprint density at radius 3 is 2.36 bits per heavy atom. The first-order chi connectivity index (χ1) is 5.17. The lowest BCUT2D eigenvalue weighted by molar-refractivity contribution is -0.132. The lowest BCUT2D eigenvalue weighted by Gasteiger charge is -1.99. The molecule has 0 bridgehead atoms. The number of hydrogen-bond acceptors (Lipinski definition) is 5. The average Bonchev–Trinajstić information content (AvgIpc) is 2.05. The molecule has 5 heteroatoms. The predicted octanol–water partition coefficient (Wildman–Crippen LogP) is -0.435. The Balaban J connectivity index is 4.57. The number of carbonyl (C=O) groups excluding carboxylic acids is 1. The molecule has 0 spiro atoms. The minimum absolute atomic E-state index is 0.148. The zero-order valence-corrected chi connectivity index (χ0v) is 6.79. The maximum atomic E-state index is 10.9. The molecule has 5 nitrogen and oxygen atoms in total. The van der Waals surface area contributed by atoms with Crippen molar-refractivity contribution in [2.75, 3.05) is 14.2 Å². The molecule has 0 amide bonds. The van der Waals surface area contributed by atoms with Gasteiger partial charge in [0.1, 0.15) is 0 Å². The summed E-state index contributed by atoms with van der Waals surface area (Å²) in [5.41, 5.74) is 0.509. The van der Waals surface area contributed by atoms with Crippen LogP contribution in [0, 0.1) is 0 Å². The van der Waals surface area contributed by atoms with Crippen molar-refractivity contribution in [3.63, 3.8) is 0 Å². The maximum absolute atomic E-state index is 10.9. The summed E-state index contributed by atoms with van der Waals surface area (Å²) in [5, 5.41) is 3.31. The number of hydrogen-bond donors (Lipinski definition) is 1. The van der Waals surface area contributed by atoms with Gasteiger partial charge in [0.25, 0.3) is 0 Å². The number of methoxy groups -OCH3 is 1. The van der Waals surface area contributed by atoms with Gasteiger partial charge in [0, 0.05) is 7.05 Å². The van der Waals surface area contributed by atoms with E-state index in [1.165, 1.54) is 14.2 Å². The van der Waals surface area contributed by atoms with Gasteiger partial charge in [0.2, 0.25) is 0 Å². The smallest absolute Gasteiger partial charge is 0.358 e. The Morgan fingerprint density at radius 2 is 2.09 bits per heavy atom. The monoisotopic (exact) mass is 157 g/mol. The summed E-state index contributed by atoms with van der Waals surface area (Å²) in [6.07, 6.45) is 0. The van der Waals surface area contributed by atoms with Gasteiger partial charge in [-0.3, -0.25) is 4.99 Å². The summed E-state index contributed by atoms with van der Waals surface area (Å²) in [6.45, 7) is 1.58. The summed E-state index contributed by atoms with van der Waals surface area (Å²) in [6, 6.07) is 0. The normalized spacial score (nSPS) is 13.0. The number of rotatable bonds is 2. The van der Waals surface area contributed by atoms with E-state index in [-0.39, 0.29) is 5.71 Å². The first kappa shape index (κ1) is 9.61. The van der Waals surface area contributed by atoms with Crippen LogP contribution in [0.15, 0.2) is 10.1 Å². The third-order valence-electron chi connectivity index (χ3n) is 1.14. The Labute approximate surface area is 64.9 Å². The van der Waals surface area contributed by atoms with Crippen LogP contribution in [0.3, 0.4) is 0 Å². The number of esters is 1. The second-order valence-electron chi connectivity index (χ2n) is 1.78. The molecule has 0 aromatic carbocycles. The highest BCUT2D eigenvalue weighted by molar-refractivity contribution is 6.65. The fourth-order valence-corrected chi connectivity index (χ4v) is 0.559. The molecule has 0 saturated heterocycles. The second kappa shape index (κ2) is 4.43. The predicted molar refractivity (Wildman–Crippen MR) is 42.7 cm³/mol. The highest BCUT2D eigenvalue weighted by atomic mass is 16.5. The molecule has 0 unspecified atom stereocenters. The van der Waals surface area contributed by atoms with E-state index in [4.69, 9.17) is 5.84 Å². The molecule has 0 atom stereocenters. The Bertz CT molecular complexity index is 208. The summed E-state index contributed by atoms with van der Waals surface area (Å²) in [7, 11) is 2.75. The van der Waals surface area contributed by atoms with Crippen molar-refractivity contribution >= 4 is 17.4 Å². The molecule has 0 saturated carbocycles. The number of ether oxygens (including phenoxy) is 1. The highest BCUT2D eigenvalue weighted by Gasteiger charge is 2.13. The van der Waals surface area contributed by atoms with E-state index in [9.17, 15) is 4.79 Å². The van der Waals surface area contributed by atoms with Crippen LogP contribution in [0.25, 0.3) is 0 Å². The molecule has 0 fully saturated rings. The van der Waals surface area contributed by atoms with Gasteiger partial charge in [-0.1, -0.05) is 0 Å². The molecule has 11 heavy (non-hydrogen) atoms. The first-order valence-electron chi connectivity index (χ1n) is 2.97. The van der Waals surface area contributed by atoms with E-state index in [0.29, 0.717) is 5.71 Å². The van der Waals surface area contributed by atoms with Gasteiger partial charge >= 0.3 is 5.97 Å². The van der Waals surface area contributed by atoms with Crippen LogP contribution < -0.4 is 5.84 Å². The molecule has 0 aromatic heterocycles. The van der Waals surface area contributed by atoms with Crippen LogP contribution in [-0.2, 0) is 9.53 Å². The van der Waals surface area contributed by atoms with E-state index >= 15 is 0 Å². The molecular weight excluding hydrogens is 146 g/mol. The molecule has 0 aromatic rings. The van der Waals surface area contributed by atoms with Gasteiger partial charge < -0.3 is 10.6 Å². The van der Waals surface area contributed by atoms with Crippen molar-refractivity contribution in [3.05, 3.63) is 0 Å². The number of nitrogens with zero attached hydrogens (tertiary/aromatic N) is 2. The second-order valence-corrected chi connectivity index (χ2v) is 1.78. The van der Waals surface area contributed by atoms with Gasteiger partial charge in [0.15, 0.2) is 5.71 Å². The average molecular weight is 157 g/mol. The zero-order chi connectivity index (χ0) is 8.85. The molecule has 62 valence electrons. The lowest BCUT2D eigenvalue weighted by Crippen LogP contribution is -2.24. The summed E-state index contributed by atoms with van der Waals surface area (Å²) < 4.78 is 4.42. The van der Waals surface area contributed by atoms with E-state index in [0.717, 1.165) is 0 Å². The third-order valence-corrected chi connectivity index (χ3v) is 1.14. The van der Waals surface area contributed by atoms with Crippen LogP contribution in [0.5, 0.6) is 0 Å². The standard InChI is InChI=1S/C6H11N3O2/c1-4(9-7)5(8-2)6(10)11-3/h7H2,1-3H3/b8-5+,9-4-. The van der Waals surface area contributed by atoms with Gasteiger partial charge in [0.05, 0.1) is 12.8 Å². The molecule has 0 aliphatic carbocycles. The summed E-state index contributed by atoms with van der Waals surface area (Å²) in [5.74, 6) is 4.41. The number of nitrogens with two attached hydrogens (primary N) is 1. The molecule has 0 aliphatic heterocycles.